The van der Waals surface area contributed by atoms with Gasteiger partial charge in [0.1, 0.15) is 15.6 Å². The van der Waals surface area contributed by atoms with Crippen LogP contribution in [0.1, 0.15) is 19.3 Å². The first-order valence-corrected chi connectivity index (χ1v) is 6.84. The van der Waals surface area contributed by atoms with Crippen molar-refractivity contribution >= 4 is 15.6 Å². The predicted octanol–water partition coefficient (Wildman–Crippen LogP) is 0.0844. The number of hydrogen-bond acceptors (Lipinski definition) is 4. The predicted molar refractivity (Wildman–Crippen MR) is 55.0 cm³/mol. The highest BCUT2D eigenvalue weighted by Gasteiger charge is 2.25. The standard InChI is InChI=1S/C9H17NO3S/c1-10(5-6-14(2,12)13)8-3-4-9(11)7-8/h8H,3-7H2,1-2H3. The van der Waals surface area contributed by atoms with Crippen molar-refractivity contribution in [1.82, 2.24) is 4.90 Å². The molecular formula is C9H17NO3S. The van der Waals surface area contributed by atoms with Gasteiger partial charge in [0.15, 0.2) is 0 Å². The summed E-state index contributed by atoms with van der Waals surface area (Å²) in [6, 6.07) is 0.254. The van der Waals surface area contributed by atoms with Crippen LogP contribution in [-0.4, -0.2) is 50.7 Å². The summed E-state index contributed by atoms with van der Waals surface area (Å²) in [6.45, 7) is 0.525. The molecule has 4 nitrogen and oxygen atoms in total. The maximum absolute atomic E-state index is 11.0. The van der Waals surface area contributed by atoms with Crippen molar-refractivity contribution in [3.05, 3.63) is 0 Å². The fraction of sp³-hybridized carbons (Fsp3) is 0.889. The molecule has 0 aromatic rings. The van der Waals surface area contributed by atoms with Gasteiger partial charge in [-0.25, -0.2) is 8.42 Å². The van der Waals surface area contributed by atoms with E-state index in [2.05, 4.69) is 0 Å². The fourth-order valence-corrected chi connectivity index (χ4v) is 2.28. The van der Waals surface area contributed by atoms with Crippen molar-refractivity contribution in [2.45, 2.75) is 25.3 Å². The van der Waals surface area contributed by atoms with Gasteiger partial charge in [-0.3, -0.25) is 4.79 Å². The van der Waals surface area contributed by atoms with Crippen LogP contribution in [0.5, 0.6) is 0 Å². The molecule has 1 fully saturated rings. The highest BCUT2D eigenvalue weighted by atomic mass is 32.2. The number of nitrogens with zero attached hydrogens (tertiary/aromatic N) is 1. The van der Waals surface area contributed by atoms with E-state index in [0.29, 0.717) is 25.2 Å². The van der Waals surface area contributed by atoms with Gasteiger partial charge >= 0.3 is 0 Å². The average molecular weight is 219 g/mol. The SMILES string of the molecule is CN(CCS(C)(=O)=O)C1CCC(=O)C1. The van der Waals surface area contributed by atoms with Gasteiger partial charge in [-0.2, -0.15) is 0 Å². The van der Waals surface area contributed by atoms with E-state index in [1.54, 1.807) is 0 Å². The van der Waals surface area contributed by atoms with Crippen molar-refractivity contribution in [1.29, 1.82) is 0 Å². The van der Waals surface area contributed by atoms with Gasteiger partial charge in [0.05, 0.1) is 5.75 Å². The number of carbonyl (C=O) groups excluding carboxylic acids is 1. The number of Topliss-reactive ketones (excluding diaryl/α,β-unsaturated/α-hetero) is 1. The highest BCUT2D eigenvalue weighted by Crippen LogP contribution is 2.19. The van der Waals surface area contributed by atoms with E-state index in [1.165, 1.54) is 6.26 Å². The van der Waals surface area contributed by atoms with Crippen molar-refractivity contribution < 1.29 is 13.2 Å². The number of hydrogen-bond donors (Lipinski definition) is 0. The molecular weight excluding hydrogens is 202 g/mol. The first-order valence-electron chi connectivity index (χ1n) is 4.78. The van der Waals surface area contributed by atoms with Crippen LogP contribution in [0.3, 0.4) is 0 Å². The molecule has 0 spiro atoms. The molecule has 0 radical (unpaired) electrons. The van der Waals surface area contributed by atoms with Gasteiger partial charge in [-0.15, -0.1) is 0 Å². The molecule has 1 unspecified atom stereocenters. The molecule has 0 heterocycles. The van der Waals surface area contributed by atoms with Crippen LogP contribution in [-0.2, 0) is 14.6 Å². The zero-order chi connectivity index (χ0) is 10.8. The molecule has 1 saturated carbocycles. The van der Waals surface area contributed by atoms with Gasteiger partial charge in [0.2, 0.25) is 0 Å². The van der Waals surface area contributed by atoms with Gasteiger partial charge < -0.3 is 4.90 Å². The summed E-state index contributed by atoms with van der Waals surface area (Å²) in [5.41, 5.74) is 0. The van der Waals surface area contributed by atoms with Crippen LogP contribution in [0.25, 0.3) is 0 Å². The molecule has 0 aromatic carbocycles. The summed E-state index contributed by atoms with van der Waals surface area (Å²) >= 11 is 0. The Morgan fingerprint density at radius 1 is 1.50 bits per heavy atom. The minimum Gasteiger partial charge on any atom is -0.302 e. The van der Waals surface area contributed by atoms with Crippen LogP contribution >= 0.6 is 0 Å². The normalized spacial score (nSPS) is 23.4. The van der Waals surface area contributed by atoms with Gasteiger partial charge in [0, 0.05) is 31.7 Å². The zero-order valence-corrected chi connectivity index (χ0v) is 9.51. The second kappa shape index (κ2) is 4.40. The Hall–Kier alpha value is -0.420. The lowest BCUT2D eigenvalue weighted by molar-refractivity contribution is -0.117. The minimum absolute atomic E-state index is 0.175. The second-order valence-electron chi connectivity index (χ2n) is 4.05. The van der Waals surface area contributed by atoms with E-state index in [4.69, 9.17) is 0 Å². The average Bonchev–Trinajstić information content (AvgIpc) is 2.46. The number of carbonyl (C=O) groups is 1. The third-order valence-corrected chi connectivity index (χ3v) is 3.58. The first-order chi connectivity index (χ1) is 6.38. The number of sulfone groups is 1. The Morgan fingerprint density at radius 2 is 2.14 bits per heavy atom. The molecule has 1 aliphatic carbocycles. The monoisotopic (exact) mass is 219 g/mol. The summed E-state index contributed by atoms with van der Waals surface area (Å²) in [6.07, 6.45) is 3.34. The first kappa shape index (κ1) is 11.7. The van der Waals surface area contributed by atoms with Crippen molar-refractivity contribution in [3.63, 3.8) is 0 Å². The Labute approximate surface area is 85.2 Å². The van der Waals surface area contributed by atoms with Crippen LogP contribution in [0.15, 0.2) is 0 Å². The second-order valence-corrected chi connectivity index (χ2v) is 6.31. The summed E-state index contributed by atoms with van der Waals surface area (Å²) in [5, 5.41) is 0. The zero-order valence-electron chi connectivity index (χ0n) is 8.69. The Bertz CT molecular complexity index is 310. The smallest absolute Gasteiger partial charge is 0.148 e. The molecule has 82 valence electrons. The maximum Gasteiger partial charge on any atom is 0.148 e. The van der Waals surface area contributed by atoms with Crippen molar-refractivity contribution in [3.8, 4) is 0 Å². The molecule has 0 aliphatic heterocycles. The number of rotatable bonds is 4. The van der Waals surface area contributed by atoms with Crippen molar-refractivity contribution in [2.24, 2.45) is 0 Å². The van der Waals surface area contributed by atoms with Crippen molar-refractivity contribution in [2.75, 3.05) is 25.6 Å². The van der Waals surface area contributed by atoms with Gasteiger partial charge in [-0.05, 0) is 13.5 Å². The molecule has 0 bridgehead atoms. The molecule has 0 N–H and O–H groups in total. The lowest BCUT2D eigenvalue weighted by Crippen LogP contribution is -2.33. The topological polar surface area (TPSA) is 54.5 Å². The Morgan fingerprint density at radius 3 is 2.57 bits per heavy atom. The molecule has 14 heavy (non-hydrogen) atoms. The summed E-state index contributed by atoms with van der Waals surface area (Å²) < 4.78 is 21.8. The maximum atomic E-state index is 11.0. The Balaban J connectivity index is 2.35. The fourth-order valence-electron chi connectivity index (χ4n) is 1.66. The van der Waals surface area contributed by atoms with E-state index >= 15 is 0 Å². The number of ketones is 1. The molecule has 5 heteroatoms. The largest absolute Gasteiger partial charge is 0.302 e. The van der Waals surface area contributed by atoms with Crippen LogP contribution < -0.4 is 0 Å². The van der Waals surface area contributed by atoms with Crippen LogP contribution in [0, 0.1) is 0 Å². The molecule has 1 rings (SSSR count). The summed E-state index contributed by atoms with van der Waals surface area (Å²) in [7, 11) is -1.01. The van der Waals surface area contributed by atoms with E-state index in [9.17, 15) is 13.2 Å². The summed E-state index contributed by atoms with van der Waals surface area (Å²) in [4.78, 5) is 13.0. The Kier molecular flexibility index (Phi) is 3.66. The van der Waals surface area contributed by atoms with E-state index in [1.807, 2.05) is 11.9 Å². The molecule has 0 aromatic heterocycles. The van der Waals surface area contributed by atoms with Gasteiger partial charge in [0.25, 0.3) is 0 Å². The molecule has 1 aliphatic rings. The third-order valence-electron chi connectivity index (χ3n) is 2.66. The summed E-state index contributed by atoms with van der Waals surface area (Å²) in [5.74, 6) is 0.468. The van der Waals surface area contributed by atoms with E-state index in [-0.39, 0.29) is 11.8 Å². The van der Waals surface area contributed by atoms with Crippen LogP contribution in [0.4, 0.5) is 0 Å². The van der Waals surface area contributed by atoms with Gasteiger partial charge in [-0.1, -0.05) is 0 Å². The lowest BCUT2D eigenvalue weighted by atomic mass is 10.2. The lowest BCUT2D eigenvalue weighted by Gasteiger charge is -2.22. The minimum atomic E-state index is -2.89. The molecule has 0 amide bonds. The quantitative estimate of drug-likeness (QED) is 0.672. The van der Waals surface area contributed by atoms with E-state index < -0.39 is 9.84 Å². The third kappa shape index (κ3) is 3.75. The molecule has 1 atom stereocenters. The molecule has 0 saturated heterocycles. The van der Waals surface area contributed by atoms with E-state index in [0.717, 1.165) is 6.42 Å². The highest BCUT2D eigenvalue weighted by molar-refractivity contribution is 7.90. The van der Waals surface area contributed by atoms with Crippen LogP contribution in [0.2, 0.25) is 0 Å².